The van der Waals surface area contributed by atoms with Gasteiger partial charge >= 0.3 is 0 Å². The number of carbonyl (C=O) groups is 1. The summed E-state index contributed by atoms with van der Waals surface area (Å²) in [7, 11) is 6.00. The second kappa shape index (κ2) is 8.98. The summed E-state index contributed by atoms with van der Waals surface area (Å²) in [4.78, 5) is 13.0. The number of rotatable bonds is 8. The molecule has 0 unspecified atom stereocenters. The zero-order valence-corrected chi connectivity index (χ0v) is 16.2. The number of Topliss-reactive ketones (excluding diaryl/α,β-unsaturated/α-hetero) is 1. The zero-order valence-electron chi connectivity index (χ0n) is 16.2. The molecular formula is C21H24O6. The number of hydrogen-bond acceptors (Lipinski definition) is 6. The molecule has 0 bridgehead atoms. The highest BCUT2D eigenvalue weighted by molar-refractivity contribution is 6.11. The Morgan fingerprint density at radius 1 is 0.926 bits per heavy atom. The normalized spacial score (nSPS) is 11.1. The Hall–Kier alpha value is -3.15. The standard InChI is InChI=1S/C21H24O6/c1-6-14(9-13-7-8-17(24-2)16(22)10-13)20(23)15-11-18(25-3)21(27-5)19(12-15)26-4/h7-12,22H,6H2,1-5H3/b14-9+. The average Bonchev–Trinajstić information content (AvgIpc) is 2.70. The third-order valence-corrected chi connectivity index (χ3v) is 4.14. The van der Waals surface area contributed by atoms with E-state index in [0.29, 0.717) is 46.1 Å². The van der Waals surface area contributed by atoms with Crippen LogP contribution in [-0.2, 0) is 0 Å². The van der Waals surface area contributed by atoms with E-state index in [2.05, 4.69) is 0 Å². The molecule has 0 radical (unpaired) electrons. The number of phenols is 1. The van der Waals surface area contributed by atoms with E-state index in [0.717, 1.165) is 0 Å². The molecule has 6 nitrogen and oxygen atoms in total. The largest absolute Gasteiger partial charge is 0.504 e. The highest BCUT2D eigenvalue weighted by Crippen LogP contribution is 2.39. The van der Waals surface area contributed by atoms with Crippen LogP contribution < -0.4 is 18.9 Å². The predicted molar refractivity (Wildman–Crippen MR) is 103 cm³/mol. The summed E-state index contributed by atoms with van der Waals surface area (Å²) in [5.74, 6) is 1.49. The minimum atomic E-state index is -0.160. The third kappa shape index (κ3) is 4.34. The van der Waals surface area contributed by atoms with Crippen LogP contribution in [0.2, 0.25) is 0 Å². The van der Waals surface area contributed by atoms with Gasteiger partial charge in [0.1, 0.15) is 0 Å². The number of ether oxygens (including phenoxy) is 4. The Morgan fingerprint density at radius 3 is 1.96 bits per heavy atom. The van der Waals surface area contributed by atoms with Crippen molar-refractivity contribution in [1.29, 1.82) is 0 Å². The monoisotopic (exact) mass is 372 g/mol. The van der Waals surface area contributed by atoms with E-state index >= 15 is 0 Å². The molecule has 2 aromatic carbocycles. The van der Waals surface area contributed by atoms with Crippen LogP contribution >= 0.6 is 0 Å². The van der Waals surface area contributed by atoms with E-state index in [-0.39, 0.29) is 11.5 Å². The van der Waals surface area contributed by atoms with Gasteiger partial charge in [-0.25, -0.2) is 0 Å². The van der Waals surface area contributed by atoms with Crippen LogP contribution in [0.25, 0.3) is 6.08 Å². The first-order valence-corrected chi connectivity index (χ1v) is 8.41. The molecule has 0 aliphatic carbocycles. The summed E-state index contributed by atoms with van der Waals surface area (Å²) in [6.07, 6.45) is 2.26. The van der Waals surface area contributed by atoms with Crippen LogP contribution in [0.3, 0.4) is 0 Å². The summed E-state index contributed by atoms with van der Waals surface area (Å²) in [5.41, 5.74) is 1.70. The first-order chi connectivity index (χ1) is 13.0. The van der Waals surface area contributed by atoms with Crippen molar-refractivity contribution in [3.63, 3.8) is 0 Å². The number of benzene rings is 2. The summed E-state index contributed by atoms with van der Waals surface area (Å²) >= 11 is 0. The Kier molecular flexibility index (Phi) is 6.71. The fourth-order valence-electron chi connectivity index (χ4n) is 2.72. The Bertz CT molecular complexity index is 829. The summed E-state index contributed by atoms with van der Waals surface area (Å²) in [5, 5.41) is 9.94. The second-order valence-electron chi connectivity index (χ2n) is 5.70. The van der Waals surface area contributed by atoms with Gasteiger partial charge in [0.25, 0.3) is 0 Å². The lowest BCUT2D eigenvalue weighted by Gasteiger charge is -2.14. The molecular weight excluding hydrogens is 348 g/mol. The number of phenolic OH excluding ortho intramolecular Hbond substituents is 1. The maximum atomic E-state index is 13.0. The van der Waals surface area contributed by atoms with Crippen LogP contribution in [0.5, 0.6) is 28.7 Å². The van der Waals surface area contributed by atoms with Gasteiger partial charge in [-0.2, -0.15) is 0 Å². The van der Waals surface area contributed by atoms with Crippen LogP contribution in [0, 0.1) is 0 Å². The van der Waals surface area contributed by atoms with Crippen molar-refractivity contribution >= 4 is 11.9 Å². The fraction of sp³-hybridized carbons (Fsp3) is 0.286. The van der Waals surface area contributed by atoms with E-state index in [9.17, 15) is 9.90 Å². The van der Waals surface area contributed by atoms with Gasteiger partial charge in [-0.1, -0.05) is 13.0 Å². The van der Waals surface area contributed by atoms with Crippen molar-refractivity contribution in [1.82, 2.24) is 0 Å². The molecule has 0 atom stereocenters. The van der Waals surface area contributed by atoms with Crippen LogP contribution in [-0.4, -0.2) is 39.3 Å². The lowest BCUT2D eigenvalue weighted by Crippen LogP contribution is -2.05. The maximum absolute atomic E-state index is 13.0. The predicted octanol–water partition coefficient (Wildman–Crippen LogP) is 4.10. The van der Waals surface area contributed by atoms with Gasteiger partial charge in [0.05, 0.1) is 28.4 Å². The molecule has 0 aromatic heterocycles. The lowest BCUT2D eigenvalue weighted by molar-refractivity contribution is 0.103. The first kappa shape index (κ1) is 20.2. The summed E-state index contributed by atoms with van der Waals surface area (Å²) < 4.78 is 21.0. The van der Waals surface area contributed by atoms with Crippen molar-refractivity contribution in [3.8, 4) is 28.7 Å². The quantitative estimate of drug-likeness (QED) is 0.555. The van der Waals surface area contributed by atoms with Gasteiger partial charge in [-0.15, -0.1) is 0 Å². The number of aromatic hydroxyl groups is 1. The number of hydrogen-bond donors (Lipinski definition) is 1. The Balaban J connectivity index is 2.46. The molecule has 27 heavy (non-hydrogen) atoms. The van der Waals surface area contributed by atoms with Crippen molar-refractivity contribution in [2.24, 2.45) is 0 Å². The summed E-state index contributed by atoms with van der Waals surface area (Å²) in [6, 6.07) is 8.23. The molecule has 0 aliphatic heterocycles. The SMILES string of the molecule is CC/C(=C\c1ccc(OC)c(O)c1)C(=O)c1cc(OC)c(OC)c(OC)c1. The molecule has 0 amide bonds. The van der Waals surface area contributed by atoms with Crippen molar-refractivity contribution < 1.29 is 28.8 Å². The molecule has 2 rings (SSSR count). The average molecular weight is 372 g/mol. The van der Waals surface area contributed by atoms with Gasteiger partial charge in [-0.05, 0) is 42.3 Å². The topological polar surface area (TPSA) is 74.2 Å². The molecule has 6 heteroatoms. The molecule has 2 aromatic rings. The smallest absolute Gasteiger partial charge is 0.203 e. The second-order valence-corrected chi connectivity index (χ2v) is 5.70. The van der Waals surface area contributed by atoms with Crippen LogP contribution in [0.1, 0.15) is 29.3 Å². The van der Waals surface area contributed by atoms with Crippen molar-refractivity contribution in [2.45, 2.75) is 13.3 Å². The van der Waals surface area contributed by atoms with Crippen LogP contribution in [0.4, 0.5) is 0 Å². The van der Waals surface area contributed by atoms with Crippen molar-refractivity contribution in [2.75, 3.05) is 28.4 Å². The molecule has 0 aliphatic rings. The van der Waals surface area contributed by atoms with Gasteiger partial charge < -0.3 is 24.1 Å². The van der Waals surface area contributed by atoms with E-state index in [1.807, 2.05) is 6.92 Å². The number of allylic oxidation sites excluding steroid dienone is 1. The van der Waals surface area contributed by atoms with E-state index in [1.165, 1.54) is 28.4 Å². The molecule has 0 heterocycles. The van der Waals surface area contributed by atoms with Crippen molar-refractivity contribution in [3.05, 3.63) is 47.0 Å². The number of ketones is 1. The molecule has 144 valence electrons. The van der Waals surface area contributed by atoms with Gasteiger partial charge in [0.2, 0.25) is 5.75 Å². The number of methoxy groups -OCH3 is 4. The first-order valence-electron chi connectivity index (χ1n) is 8.41. The molecule has 0 saturated carbocycles. The molecule has 0 saturated heterocycles. The minimum Gasteiger partial charge on any atom is -0.504 e. The highest BCUT2D eigenvalue weighted by atomic mass is 16.5. The van der Waals surface area contributed by atoms with E-state index in [4.69, 9.17) is 18.9 Å². The maximum Gasteiger partial charge on any atom is 0.203 e. The zero-order chi connectivity index (χ0) is 20.0. The summed E-state index contributed by atoms with van der Waals surface area (Å²) in [6.45, 7) is 1.89. The molecule has 0 spiro atoms. The molecule has 1 N–H and O–H groups in total. The fourth-order valence-corrected chi connectivity index (χ4v) is 2.72. The Labute approximate surface area is 158 Å². The Morgan fingerprint density at radius 2 is 1.52 bits per heavy atom. The van der Waals surface area contributed by atoms with E-state index < -0.39 is 0 Å². The highest BCUT2D eigenvalue weighted by Gasteiger charge is 2.19. The molecule has 0 fully saturated rings. The third-order valence-electron chi connectivity index (χ3n) is 4.14. The number of carbonyl (C=O) groups excluding carboxylic acids is 1. The van der Waals surface area contributed by atoms with E-state index in [1.54, 1.807) is 36.4 Å². The van der Waals surface area contributed by atoms with Gasteiger partial charge in [-0.3, -0.25) is 4.79 Å². The minimum absolute atomic E-state index is 0.0157. The lowest BCUT2D eigenvalue weighted by atomic mass is 9.98. The van der Waals surface area contributed by atoms with Gasteiger partial charge in [0.15, 0.2) is 28.8 Å². The van der Waals surface area contributed by atoms with Crippen LogP contribution in [0.15, 0.2) is 35.9 Å². The van der Waals surface area contributed by atoms with Gasteiger partial charge in [0, 0.05) is 11.1 Å².